The number of carbonyl (C=O) groups is 1. The SMILES string of the molecule is CC(NCc1c[nH]c2cc(Cl)ccc12)C(N)=O. The third kappa shape index (κ3) is 2.60. The zero-order valence-corrected chi connectivity index (χ0v) is 10.2. The number of hydrogen-bond acceptors (Lipinski definition) is 2. The summed E-state index contributed by atoms with van der Waals surface area (Å²) in [4.78, 5) is 14.0. The molecule has 1 unspecified atom stereocenters. The Hall–Kier alpha value is -1.52. The van der Waals surface area contributed by atoms with E-state index in [4.69, 9.17) is 17.3 Å². The van der Waals surface area contributed by atoms with E-state index >= 15 is 0 Å². The second-order valence-corrected chi connectivity index (χ2v) is 4.45. The Kier molecular flexibility index (Phi) is 3.36. The number of nitrogens with two attached hydrogens (primary N) is 1. The van der Waals surface area contributed by atoms with Crippen LogP contribution in [0, 0.1) is 0 Å². The topological polar surface area (TPSA) is 70.9 Å². The van der Waals surface area contributed by atoms with Crippen molar-refractivity contribution in [3.63, 3.8) is 0 Å². The van der Waals surface area contributed by atoms with Crippen molar-refractivity contribution in [1.82, 2.24) is 10.3 Å². The van der Waals surface area contributed by atoms with E-state index in [1.54, 1.807) is 6.92 Å². The molecule has 0 aliphatic carbocycles. The van der Waals surface area contributed by atoms with Crippen LogP contribution in [0.4, 0.5) is 0 Å². The summed E-state index contributed by atoms with van der Waals surface area (Å²) in [5, 5.41) is 4.86. The molecule has 1 atom stereocenters. The van der Waals surface area contributed by atoms with Gasteiger partial charge < -0.3 is 16.0 Å². The second-order valence-electron chi connectivity index (χ2n) is 4.01. The lowest BCUT2D eigenvalue weighted by Crippen LogP contribution is -2.38. The average Bonchev–Trinajstić information content (AvgIpc) is 2.67. The van der Waals surface area contributed by atoms with Gasteiger partial charge in [-0.15, -0.1) is 0 Å². The van der Waals surface area contributed by atoms with Crippen molar-refractivity contribution in [3.05, 3.63) is 35.0 Å². The van der Waals surface area contributed by atoms with Gasteiger partial charge in [0.1, 0.15) is 0 Å². The smallest absolute Gasteiger partial charge is 0.234 e. The second kappa shape index (κ2) is 4.77. The van der Waals surface area contributed by atoms with Crippen LogP contribution in [-0.4, -0.2) is 16.9 Å². The first-order valence-corrected chi connectivity index (χ1v) is 5.74. The summed E-state index contributed by atoms with van der Waals surface area (Å²) in [5.74, 6) is -0.354. The highest BCUT2D eigenvalue weighted by Crippen LogP contribution is 2.21. The molecule has 0 aliphatic rings. The summed E-state index contributed by atoms with van der Waals surface area (Å²) in [6.45, 7) is 2.33. The van der Waals surface area contributed by atoms with Gasteiger partial charge in [0, 0.05) is 28.7 Å². The molecule has 0 radical (unpaired) electrons. The minimum Gasteiger partial charge on any atom is -0.368 e. The Morgan fingerprint density at radius 1 is 1.59 bits per heavy atom. The number of benzene rings is 1. The van der Waals surface area contributed by atoms with Gasteiger partial charge in [0.25, 0.3) is 0 Å². The Labute approximate surface area is 104 Å². The minimum atomic E-state index is -0.354. The Bertz CT molecular complexity index is 550. The zero-order chi connectivity index (χ0) is 12.4. The molecule has 1 amide bonds. The Balaban J connectivity index is 2.17. The molecule has 4 nitrogen and oxygen atoms in total. The summed E-state index contributed by atoms with van der Waals surface area (Å²) < 4.78 is 0. The Morgan fingerprint density at radius 3 is 3.06 bits per heavy atom. The summed E-state index contributed by atoms with van der Waals surface area (Å²) in [6, 6.07) is 5.34. The average molecular weight is 252 g/mol. The largest absolute Gasteiger partial charge is 0.368 e. The van der Waals surface area contributed by atoms with Gasteiger partial charge in [-0.2, -0.15) is 0 Å². The van der Waals surface area contributed by atoms with E-state index in [9.17, 15) is 4.79 Å². The number of halogens is 1. The number of carbonyl (C=O) groups excluding carboxylic acids is 1. The highest BCUT2D eigenvalue weighted by Gasteiger charge is 2.09. The quantitative estimate of drug-likeness (QED) is 0.775. The van der Waals surface area contributed by atoms with Gasteiger partial charge in [0.15, 0.2) is 0 Å². The predicted octanol–water partition coefficient (Wildman–Crippen LogP) is 1.78. The van der Waals surface area contributed by atoms with Crippen LogP contribution in [0.25, 0.3) is 10.9 Å². The molecule has 2 rings (SSSR count). The van der Waals surface area contributed by atoms with Gasteiger partial charge in [-0.25, -0.2) is 0 Å². The van der Waals surface area contributed by atoms with Crippen molar-refractivity contribution >= 4 is 28.4 Å². The molecule has 0 aliphatic heterocycles. The van der Waals surface area contributed by atoms with Crippen LogP contribution in [0.3, 0.4) is 0 Å². The minimum absolute atomic E-state index is 0.341. The number of aromatic nitrogens is 1. The van der Waals surface area contributed by atoms with Gasteiger partial charge in [-0.3, -0.25) is 4.79 Å². The number of nitrogens with one attached hydrogen (secondary N) is 2. The van der Waals surface area contributed by atoms with Crippen molar-refractivity contribution in [2.75, 3.05) is 0 Å². The fourth-order valence-corrected chi connectivity index (χ4v) is 1.84. The number of primary amides is 1. The van der Waals surface area contributed by atoms with Crippen LogP contribution in [-0.2, 0) is 11.3 Å². The van der Waals surface area contributed by atoms with Gasteiger partial charge >= 0.3 is 0 Å². The molecule has 0 spiro atoms. The highest BCUT2D eigenvalue weighted by molar-refractivity contribution is 6.31. The maximum absolute atomic E-state index is 10.9. The normalized spacial score (nSPS) is 12.8. The number of fused-ring (bicyclic) bond motifs is 1. The molecule has 1 heterocycles. The summed E-state index contributed by atoms with van der Waals surface area (Å²) in [6.07, 6.45) is 1.90. The van der Waals surface area contributed by atoms with Crippen LogP contribution in [0.2, 0.25) is 5.02 Å². The summed E-state index contributed by atoms with van der Waals surface area (Å²) in [7, 11) is 0. The van der Waals surface area contributed by atoms with E-state index in [1.807, 2.05) is 24.4 Å². The van der Waals surface area contributed by atoms with Crippen molar-refractivity contribution in [2.45, 2.75) is 19.5 Å². The molecule has 1 aromatic carbocycles. The number of H-pyrrole nitrogens is 1. The first-order valence-electron chi connectivity index (χ1n) is 5.36. The maximum atomic E-state index is 10.9. The third-order valence-corrected chi connectivity index (χ3v) is 2.99. The lowest BCUT2D eigenvalue weighted by Gasteiger charge is -2.08. The highest BCUT2D eigenvalue weighted by atomic mass is 35.5. The number of rotatable bonds is 4. The van der Waals surface area contributed by atoms with E-state index < -0.39 is 0 Å². The van der Waals surface area contributed by atoms with Crippen LogP contribution in [0.5, 0.6) is 0 Å². The molecular weight excluding hydrogens is 238 g/mol. The molecule has 90 valence electrons. The van der Waals surface area contributed by atoms with Gasteiger partial charge in [0.05, 0.1) is 6.04 Å². The van der Waals surface area contributed by atoms with Gasteiger partial charge in [-0.1, -0.05) is 17.7 Å². The molecule has 17 heavy (non-hydrogen) atoms. The maximum Gasteiger partial charge on any atom is 0.234 e. The lowest BCUT2D eigenvalue weighted by atomic mass is 10.1. The molecule has 0 bridgehead atoms. The van der Waals surface area contributed by atoms with E-state index in [0.29, 0.717) is 11.6 Å². The van der Waals surface area contributed by atoms with Crippen molar-refractivity contribution in [1.29, 1.82) is 0 Å². The fraction of sp³-hybridized carbons (Fsp3) is 0.250. The van der Waals surface area contributed by atoms with E-state index in [-0.39, 0.29) is 11.9 Å². The van der Waals surface area contributed by atoms with Crippen LogP contribution >= 0.6 is 11.6 Å². The third-order valence-electron chi connectivity index (χ3n) is 2.75. The molecule has 0 fully saturated rings. The van der Waals surface area contributed by atoms with Crippen molar-refractivity contribution in [2.24, 2.45) is 5.73 Å². The summed E-state index contributed by atoms with van der Waals surface area (Å²) >= 11 is 5.90. The molecule has 5 heteroatoms. The van der Waals surface area contributed by atoms with Gasteiger partial charge in [-0.05, 0) is 24.6 Å². The summed E-state index contributed by atoms with van der Waals surface area (Å²) in [5.41, 5.74) is 7.26. The van der Waals surface area contributed by atoms with E-state index in [1.165, 1.54) is 0 Å². The van der Waals surface area contributed by atoms with Crippen LogP contribution < -0.4 is 11.1 Å². The Morgan fingerprint density at radius 2 is 2.35 bits per heavy atom. The molecule has 4 N–H and O–H groups in total. The lowest BCUT2D eigenvalue weighted by molar-refractivity contribution is -0.119. The monoisotopic (exact) mass is 251 g/mol. The predicted molar refractivity (Wildman–Crippen MR) is 68.8 cm³/mol. The molecule has 0 saturated heterocycles. The van der Waals surface area contributed by atoms with E-state index in [2.05, 4.69) is 10.3 Å². The zero-order valence-electron chi connectivity index (χ0n) is 9.46. The van der Waals surface area contributed by atoms with Crippen molar-refractivity contribution < 1.29 is 4.79 Å². The van der Waals surface area contributed by atoms with Crippen LogP contribution in [0.1, 0.15) is 12.5 Å². The number of hydrogen-bond donors (Lipinski definition) is 3. The van der Waals surface area contributed by atoms with Crippen LogP contribution in [0.15, 0.2) is 24.4 Å². The standard InChI is InChI=1S/C12H14ClN3O/c1-7(12(14)17)15-5-8-6-16-11-4-9(13)2-3-10(8)11/h2-4,6-7,15-16H,5H2,1H3,(H2,14,17). The first-order chi connectivity index (χ1) is 8.08. The molecule has 2 aromatic rings. The van der Waals surface area contributed by atoms with E-state index in [0.717, 1.165) is 16.5 Å². The molecule has 0 saturated carbocycles. The van der Waals surface area contributed by atoms with Crippen molar-refractivity contribution in [3.8, 4) is 0 Å². The molecule has 1 aromatic heterocycles. The molecular formula is C12H14ClN3O. The van der Waals surface area contributed by atoms with Gasteiger partial charge in [0.2, 0.25) is 5.91 Å². The first kappa shape index (κ1) is 12.0. The fourth-order valence-electron chi connectivity index (χ4n) is 1.67. The number of amides is 1. The number of aromatic amines is 1.